The fourth-order valence-electron chi connectivity index (χ4n) is 2.87. The lowest BCUT2D eigenvalue weighted by molar-refractivity contribution is -0.119. The molecule has 5 nitrogen and oxygen atoms in total. The van der Waals surface area contributed by atoms with Crippen LogP contribution >= 0.6 is 0 Å². The zero-order valence-corrected chi connectivity index (χ0v) is 14.1. The molecule has 0 bridgehead atoms. The maximum Gasteiger partial charge on any atom is 0.250 e. The van der Waals surface area contributed by atoms with Crippen LogP contribution in [0.2, 0.25) is 0 Å². The van der Waals surface area contributed by atoms with Gasteiger partial charge in [-0.2, -0.15) is 0 Å². The minimum Gasteiger partial charge on any atom is -0.488 e. The summed E-state index contributed by atoms with van der Waals surface area (Å²) in [4.78, 5) is 12.4. The molecule has 0 spiro atoms. The normalized spacial score (nSPS) is 15.8. The number of hydrogen-bond donors (Lipinski definition) is 2. The molecule has 2 N–H and O–H groups in total. The van der Waals surface area contributed by atoms with Crippen LogP contribution in [0.3, 0.4) is 0 Å². The Hall–Kier alpha value is -2.53. The molecule has 3 rings (SSSR count). The average molecular weight is 327 g/mol. The van der Waals surface area contributed by atoms with Crippen molar-refractivity contribution in [3.8, 4) is 5.75 Å². The van der Waals surface area contributed by atoms with Gasteiger partial charge in [0.05, 0.1) is 12.1 Å². The van der Waals surface area contributed by atoms with E-state index in [9.17, 15) is 9.90 Å². The van der Waals surface area contributed by atoms with Crippen LogP contribution in [-0.4, -0.2) is 24.2 Å². The number of benzene rings is 1. The van der Waals surface area contributed by atoms with E-state index in [1.54, 1.807) is 19.9 Å². The average Bonchev–Trinajstić information content (AvgIpc) is 2.91. The molecule has 1 aliphatic rings. The van der Waals surface area contributed by atoms with Crippen molar-refractivity contribution >= 4 is 12.0 Å². The number of rotatable bonds is 4. The van der Waals surface area contributed by atoms with Gasteiger partial charge in [-0.25, -0.2) is 0 Å². The molecular formula is C19H21NO4. The van der Waals surface area contributed by atoms with Crippen LogP contribution in [-0.2, 0) is 10.4 Å². The van der Waals surface area contributed by atoms with Crippen LogP contribution in [0.15, 0.2) is 40.3 Å². The van der Waals surface area contributed by atoms with Gasteiger partial charge in [-0.3, -0.25) is 4.79 Å². The Bertz CT molecular complexity index is 801. The number of carbonyl (C=O) groups excluding carboxylic acids is 1. The number of furan rings is 1. The molecule has 0 saturated heterocycles. The second kappa shape index (κ2) is 6.17. The molecule has 1 amide bonds. The smallest absolute Gasteiger partial charge is 0.250 e. The molecule has 1 unspecified atom stereocenters. The van der Waals surface area contributed by atoms with E-state index in [2.05, 4.69) is 5.32 Å². The second-order valence-corrected chi connectivity index (χ2v) is 6.28. The molecule has 1 aliphatic heterocycles. The van der Waals surface area contributed by atoms with Gasteiger partial charge in [-0.05, 0) is 39.0 Å². The van der Waals surface area contributed by atoms with Crippen LogP contribution in [0.1, 0.15) is 29.6 Å². The third kappa shape index (κ3) is 3.21. The third-order valence-corrected chi connectivity index (χ3v) is 4.14. The van der Waals surface area contributed by atoms with E-state index >= 15 is 0 Å². The van der Waals surface area contributed by atoms with Crippen LogP contribution in [0.25, 0.3) is 6.08 Å². The van der Waals surface area contributed by atoms with Gasteiger partial charge in [0, 0.05) is 11.1 Å². The first kappa shape index (κ1) is 16.3. The summed E-state index contributed by atoms with van der Waals surface area (Å²) in [5, 5.41) is 13.4. The quantitative estimate of drug-likeness (QED) is 0.906. The minimum atomic E-state index is -1.20. The minimum absolute atomic E-state index is 0.0879. The topological polar surface area (TPSA) is 71.7 Å². The molecule has 2 aromatic rings. The van der Waals surface area contributed by atoms with Gasteiger partial charge >= 0.3 is 0 Å². The summed E-state index contributed by atoms with van der Waals surface area (Å²) in [5.41, 5.74) is 0.886. The van der Waals surface area contributed by atoms with Crippen molar-refractivity contribution in [2.24, 2.45) is 0 Å². The number of nitrogens with one attached hydrogen (secondary N) is 1. The van der Waals surface area contributed by atoms with Crippen molar-refractivity contribution in [3.63, 3.8) is 0 Å². The molecule has 1 aromatic heterocycles. The predicted molar refractivity (Wildman–Crippen MR) is 90.7 cm³/mol. The third-order valence-electron chi connectivity index (χ3n) is 4.14. The van der Waals surface area contributed by atoms with Crippen molar-refractivity contribution in [2.45, 2.75) is 26.4 Å². The van der Waals surface area contributed by atoms with Gasteiger partial charge in [0.2, 0.25) is 0 Å². The molecule has 1 aromatic carbocycles. The molecular weight excluding hydrogens is 306 g/mol. The molecule has 0 aliphatic carbocycles. The highest BCUT2D eigenvalue weighted by atomic mass is 16.5. The van der Waals surface area contributed by atoms with Gasteiger partial charge in [0.25, 0.3) is 5.91 Å². The number of para-hydroxylation sites is 1. The number of amides is 1. The highest BCUT2D eigenvalue weighted by molar-refractivity contribution is 5.99. The summed E-state index contributed by atoms with van der Waals surface area (Å²) in [6.45, 7) is 5.59. The van der Waals surface area contributed by atoms with Gasteiger partial charge in [0.1, 0.15) is 29.5 Å². The zero-order valence-electron chi connectivity index (χ0n) is 14.1. The van der Waals surface area contributed by atoms with Crippen molar-refractivity contribution < 1.29 is 19.1 Å². The summed E-state index contributed by atoms with van der Waals surface area (Å²) in [5.74, 6) is 1.91. The highest BCUT2D eigenvalue weighted by Gasteiger charge is 2.29. The van der Waals surface area contributed by atoms with Crippen LogP contribution in [0, 0.1) is 13.8 Å². The summed E-state index contributed by atoms with van der Waals surface area (Å²) in [6.07, 6.45) is 1.82. The maximum absolute atomic E-state index is 12.4. The Morgan fingerprint density at radius 1 is 1.33 bits per heavy atom. The number of aryl methyl sites for hydroxylation is 2. The number of ether oxygens (including phenoxy) is 1. The molecule has 1 atom stereocenters. The van der Waals surface area contributed by atoms with Gasteiger partial charge in [-0.1, -0.05) is 18.2 Å². The fraction of sp³-hybridized carbons (Fsp3) is 0.316. The van der Waals surface area contributed by atoms with Crippen LogP contribution in [0.5, 0.6) is 5.75 Å². The monoisotopic (exact) mass is 327 g/mol. The Morgan fingerprint density at radius 2 is 2.08 bits per heavy atom. The Balaban J connectivity index is 1.70. The molecule has 0 fully saturated rings. The number of aliphatic hydroxyl groups is 1. The van der Waals surface area contributed by atoms with Gasteiger partial charge in [0.15, 0.2) is 0 Å². The summed E-state index contributed by atoms with van der Waals surface area (Å²) >= 11 is 0. The van der Waals surface area contributed by atoms with Crippen molar-refractivity contribution in [3.05, 3.63) is 58.6 Å². The van der Waals surface area contributed by atoms with E-state index in [0.29, 0.717) is 16.9 Å². The number of carbonyl (C=O) groups is 1. The summed E-state index contributed by atoms with van der Waals surface area (Å²) in [7, 11) is 0. The van der Waals surface area contributed by atoms with E-state index in [1.165, 1.54) is 0 Å². The first-order chi connectivity index (χ1) is 11.4. The van der Waals surface area contributed by atoms with Crippen molar-refractivity contribution in [1.82, 2.24) is 5.32 Å². The number of hydrogen-bond acceptors (Lipinski definition) is 4. The highest BCUT2D eigenvalue weighted by Crippen LogP contribution is 2.28. The first-order valence-corrected chi connectivity index (χ1v) is 7.87. The van der Waals surface area contributed by atoms with Gasteiger partial charge in [-0.15, -0.1) is 0 Å². The van der Waals surface area contributed by atoms with E-state index in [1.807, 2.05) is 37.3 Å². The second-order valence-electron chi connectivity index (χ2n) is 6.28. The van der Waals surface area contributed by atoms with E-state index < -0.39 is 5.60 Å². The van der Waals surface area contributed by atoms with E-state index in [4.69, 9.17) is 9.15 Å². The molecule has 0 radical (unpaired) electrons. The fourth-order valence-corrected chi connectivity index (χ4v) is 2.87. The Labute approximate surface area is 140 Å². The largest absolute Gasteiger partial charge is 0.488 e. The Kier molecular flexibility index (Phi) is 4.20. The lowest BCUT2D eigenvalue weighted by Crippen LogP contribution is -2.40. The lowest BCUT2D eigenvalue weighted by Gasteiger charge is -2.24. The summed E-state index contributed by atoms with van der Waals surface area (Å²) in [6, 6.07) is 9.35. The van der Waals surface area contributed by atoms with E-state index in [-0.39, 0.29) is 19.1 Å². The lowest BCUT2D eigenvalue weighted by atomic mass is 9.96. The molecule has 5 heteroatoms. The van der Waals surface area contributed by atoms with Crippen molar-refractivity contribution in [1.29, 1.82) is 0 Å². The first-order valence-electron chi connectivity index (χ1n) is 7.87. The van der Waals surface area contributed by atoms with E-state index in [0.717, 1.165) is 17.1 Å². The SMILES string of the molecule is Cc1cc(C(C)(O)CNC(=O)C2=Cc3ccccc3OC2)c(C)o1. The maximum atomic E-state index is 12.4. The Morgan fingerprint density at radius 3 is 2.79 bits per heavy atom. The van der Waals surface area contributed by atoms with Crippen LogP contribution in [0.4, 0.5) is 0 Å². The van der Waals surface area contributed by atoms with Crippen molar-refractivity contribution in [2.75, 3.05) is 13.2 Å². The predicted octanol–water partition coefficient (Wildman–Crippen LogP) is 2.70. The zero-order chi connectivity index (χ0) is 17.3. The van der Waals surface area contributed by atoms with Gasteiger partial charge < -0.3 is 19.6 Å². The number of fused-ring (bicyclic) bond motifs is 1. The molecule has 0 saturated carbocycles. The van der Waals surface area contributed by atoms with Crippen LogP contribution < -0.4 is 10.1 Å². The standard InChI is InChI=1S/C19H21NO4/c1-12-8-16(13(2)24-12)19(3,22)11-20-18(21)15-9-14-6-4-5-7-17(14)23-10-15/h4-9,22H,10-11H2,1-3H3,(H,20,21). The molecule has 24 heavy (non-hydrogen) atoms. The molecule has 126 valence electrons. The summed E-state index contributed by atoms with van der Waals surface area (Å²) < 4.78 is 11.0. The molecule has 2 heterocycles.